The van der Waals surface area contributed by atoms with E-state index in [4.69, 9.17) is 4.74 Å². The van der Waals surface area contributed by atoms with Crippen LogP contribution in [0, 0.1) is 0 Å². The Morgan fingerprint density at radius 2 is 2.14 bits per heavy atom. The average Bonchev–Trinajstić information content (AvgIpc) is 2.18. The summed E-state index contributed by atoms with van der Waals surface area (Å²) in [5.41, 5.74) is 0.686. The van der Waals surface area contributed by atoms with Gasteiger partial charge in [0, 0.05) is 0 Å². The molecule has 0 fully saturated rings. The van der Waals surface area contributed by atoms with E-state index in [1.54, 1.807) is 26.2 Å². The Balaban J connectivity index is 2.80. The number of nitrogens with one attached hydrogen (secondary N) is 1. The van der Waals surface area contributed by atoms with Crippen molar-refractivity contribution >= 4 is 27.5 Å². The van der Waals surface area contributed by atoms with Crippen LogP contribution in [-0.2, 0) is 4.79 Å². The molecule has 4 heteroatoms. The summed E-state index contributed by atoms with van der Waals surface area (Å²) in [5.74, 6) is 0.573. The minimum Gasteiger partial charge on any atom is -0.495 e. The maximum absolute atomic E-state index is 11.4. The van der Waals surface area contributed by atoms with E-state index in [9.17, 15) is 4.79 Å². The minimum absolute atomic E-state index is 0.0884. The maximum atomic E-state index is 11.4. The van der Waals surface area contributed by atoms with Crippen LogP contribution in [-0.4, -0.2) is 17.8 Å². The molecule has 0 saturated carbocycles. The van der Waals surface area contributed by atoms with Crippen molar-refractivity contribution in [3.05, 3.63) is 24.3 Å². The first-order valence-corrected chi connectivity index (χ1v) is 5.14. The second-order valence-corrected chi connectivity index (χ2v) is 4.18. The number of methoxy groups -OCH3 is 1. The first kappa shape index (κ1) is 11.0. The number of hydrogen-bond acceptors (Lipinski definition) is 2. The van der Waals surface area contributed by atoms with Gasteiger partial charge in [0.1, 0.15) is 5.75 Å². The fourth-order valence-electron chi connectivity index (χ4n) is 0.980. The monoisotopic (exact) mass is 257 g/mol. The summed E-state index contributed by atoms with van der Waals surface area (Å²) in [6.07, 6.45) is 0. The van der Waals surface area contributed by atoms with Crippen LogP contribution in [0.15, 0.2) is 24.3 Å². The predicted octanol–water partition coefficient (Wildman–Crippen LogP) is 2.42. The molecule has 1 amide bonds. The quantitative estimate of drug-likeness (QED) is 0.845. The molecule has 1 rings (SSSR count). The number of halogens is 1. The molecule has 0 aliphatic rings. The standard InChI is InChI=1S/C10H12BrNO2/c1-7(11)10(13)12-8-5-3-4-6-9(8)14-2/h3-7H,1-2H3,(H,12,13)/t7-/m1/s1. The van der Waals surface area contributed by atoms with Gasteiger partial charge in [0.15, 0.2) is 0 Å². The number of amides is 1. The summed E-state index contributed by atoms with van der Waals surface area (Å²) in [5, 5.41) is 2.75. The number of benzene rings is 1. The first-order valence-electron chi connectivity index (χ1n) is 4.23. The molecule has 1 aromatic rings. The number of ether oxygens (including phenoxy) is 1. The van der Waals surface area contributed by atoms with Gasteiger partial charge in [0.2, 0.25) is 5.91 Å². The van der Waals surface area contributed by atoms with E-state index in [0.717, 1.165) is 0 Å². The zero-order chi connectivity index (χ0) is 10.6. The van der Waals surface area contributed by atoms with Gasteiger partial charge in [0.25, 0.3) is 0 Å². The highest BCUT2D eigenvalue weighted by atomic mass is 79.9. The van der Waals surface area contributed by atoms with Crippen LogP contribution in [0.2, 0.25) is 0 Å². The Morgan fingerprint density at radius 1 is 1.50 bits per heavy atom. The minimum atomic E-state index is -0.215. The van der Waals surface area contributed by atoms with Crippen molar-refractivity contribution in [2.24, 2.45) is 0 Å². The van der Waals surface area contributed by atoms with Crippen molar-refractivity contribution in [2.45, 2.75) is 11.8 Å². The molecular weight excluding hydrogens is 246 g/mol. The normalized spacial score (nSPS) is 11.9. The molecule has 0 saturated heterocycles. The van der Waals surface area contributed by atoms with Crippen molar-refractivity contribution in [3.8, 4) is 5.75 Å². The molecule has 0 heterocycles. The van der Waals surface area contributed by atoms with E-state index in [-0.39, 0.29) is 10.7 Å². The number of anilines is 1. The molecule has 0 aliphatic heterocycles. The summed E-state index contributed by atoms with van der Waals surface area (Å²) in [4.78, 5) is 11.2. The van der Waals surface area contributed by atoms with Gasteiger partial charge in [-0.05, 0) is 19.1 Å². The molecule has 0 aromatic heterocycles. The largest absolute Gasteiger partial charge is 0.495 e. The number of hydrogen-bond donors (Lipinski definition) is 1. The van der Waals surface area contributed by atoms with Gasteiger partial charge in [-0.15, -0.1) is 0 Å². The lowest BCUT2D eigenvalue weighted by atomic mass is 10.3. The van der Waals surface area contributed by atoms with Gasteiger partial charge in [-0.1, -0.05) is 28.1 Å². The van der Waals surface area contributed by atoms with Crippen LogP contribution in [0.25, 0.3) is 0 Å². The van der Waals surface area contributed by atoms with Gasteiger partial charge >= 0.3 is 0 Å². The SMILES string of the molecule is COc1ccccc1NC(=O)[C@@H](C)Br. The number of alkyl halides is 1. The molecule has 0 spiro atoms. The van der Waals surface area contributed by atoms with E-state index in [1.807, 2.05) is 12.1 Å². The molecule has 1 aromatic carbocycles. The Labute approximate surface area is 91.6 Å². The van der Waals surface area contributed by atoms with Crippen LogP contribution < -0.4 is 10.1 Å². The summed E-state index contributed by atoms with van der Waals surface area (Å²) < 4.78 is 5.10. The highest BCUT2D eigenvalue weighted by molar-refractivity contribution is 9.10. The van der Waals surface area contributed by atoms with Gasteiger partial charge in [0.05, 0.1) is 17.6 Å². The van der Waals surface area contributed by atoms with Crippen LogP contribution in [0.5, 0.6) is 5.75 Å². The third kappa shape index (κ3) is 2.73. The van der Waals surface area contributed by atoms with E-state index < -0.39 is 0 Å². The van der Waals surface area contributed by atoms with Gasteiger partial charge in [-0.2, -0.15) is 0 Å². The summed E-state index contributed by atoms with van der Waals surface area (Å²) >= 11 is 3.19. The fourth-order valence-corrected chi connectivity index (χ4v) is 1.09. The van der Waals surface area contributed by atoms with Crippen molar-refractivity contribution in [2.75, 3.05) is 12.4 Å². The molecule has 0 aliphatic carbocycles. The van der Waals surface area contributed by atoms with E-state index in [0.29, 0.717) is 11.4 Å². The zero-order valence-electron chi connectivity index (χ0n) is 8.08. The van der Waals surface area contributed by atoms with E-state index in [2.05, 4.69) is 21.2 Å². The Kier molecular flexibility index (Phi) is 3.95. The van der Waals surface area contributed by atoms with Gasteiger partial charge < -0.3 is 10.1 Å². The molecule has 0 unspecified atom stereocenters. The number of carbonyl (C=O) groups excluding carboxylic acids is 1. The van der Waals surface area contributed by atoms with Gasteiger partial charge in [-0.3, -0.25) is 4.79 Å². The third-order valence-corrected chi connectivity index (χ3v) is 2.14. The van der Waals surface area contributed by atoms with Crippen LogP contribution in [0.4, 0.5) is 5.69 Å². The maximum Gasteiger partial charge on any atom is 0.237 e. The molecule has 3 nitrogen and oxygen atoms in total. The summed E-state index contributed by atoms with van der Waals surface area (Å²) in [7, 11) is 1.57. The second kappa shape index (κ2) is 5.00. The van der Waals surface area contributed by atoms with Crippen molar-refractivity contribution in [1.29, 1.82) is 0 Å². The van der Waals surface area contributed by atoms with Gasteiger partial charge in [-0.25, -0.2) is 0 Å². The molecular formula is C10H12BrNO2. The van der Waals surface area contributed by atoms with Crippen molar-refractivity contribution in [3.63, 3.8) is 0 Å². The number of rotatable bonds is 3. The molecule has 14 heavy (non-hydrogen) atoms. The molecule has 1 N–H and O–H groups in total. The van der Waals surface area contributed by atoms with E-state index >= 15 is 0 Å². The molecule has 76 valence electrons. The smallest absolute Gasteiger partial charge is 0.237 e. The van der Waals surface area contributed by atoms with Crippen LogP contribution in [0.3, 0.4) is 0 Å². The van der Waals surface area contributed by atoms with Crippen molar-refractivity contribution < 1.29 is 9.53 Å². The summed E-state index contributed by atoms with van der Waals surface area (Å²) in [6.45, 7) is 1.77. The average molecular weight is 258 g/mol. The zero-order valence-corrected chi connectivity index (χ0v) is 9.67. The van der Waals surface area contributed by atoms with E-state index in [1.165, 1.54) is 0 Å². The number of para-hydroxylation sites is 2. The third-order valence-electron chi connectivity index (χ3n) is 1.73. The lowest BCUT2D eigenvalue weighted by molar-refractivity contribution is -0.115. The molecule has 1 atom stereocenters. The van der Waals surface area contributed by atoms with Crippen molar-refractivity contribution in [1.82, 2.24) is 0 Å². The first-order chi connectivity index (χ1) is 6.65. The lowest BCUT2D eigenvalue weighted by Gasteiger charge is -2.10. The predicted molar refractivity (Wildman–Crippen MR) is 60.0 cm³/mol. The Bertz CT molecular complexity index is 326. The topological polar surface area (TPSA) is 38.3 Å². The summed E-state index contributed by atoms with van der Waals surface area (Å²) in [6, 6.07) is 7.30. The Morgan fingerprint density at radius 3 is 2.71 bits per heavy atom. The molecule has 0 bridgehead atoms. The molecule has 0 radical (unpaired) electrons. The van der Waals surface area contributed by atoms with Crippen LogP contribution >= 0.6 is 15.9 Å². The lowest BCUT2D eigenvalue weighted by Crippen LogP contribution is -2.20. The highest BCUT2D eigenvalue weighted by Gasteiger charge is 2.10. The fraction of sp³-hybridized carbons (Fsp3) is 0.300. The van der Waals surface area contributed by atoms with Crippen LogP contribution in [0.1, 0.15) is 6.92 Å². The highest BCUT2D eigenvalue weighted by Crippen LogP contribution is 2.23. The number of carbonyl (C=O) groups is 1. The second-order valence-electron chi connectivity index (χ2n) is 2.81. The Hall–Kier alpha value is -1.03.